The minimum Gasteiger partial charge on any atom is -0.493 e. The Balaban J connectivity index is 1.63. The van der Waals surface area contributed by atoms with Gasteiger partial charge in [0.05, 0.1) is 18.6 Å². The highest BCUT2D eigenvalue weighted by Crippen LogP contribution is 2.21. The first kappa shape index (κ1) is 37.4. The third-order valence-electron chi connectivity index (χ3n) is 9.12. The lowest BCUT2D eigenvalue weighted by Gasteiger charge is -2.28. The summed E-state index contributed by atoms with van der Waals surface area (Å²) in [6, 6.07) is 13.1. The number of carbonyl (C=O) groups excluding carboxylic acids is 5. The molecule has 266 valence electrons. The standard InChI is InChI=1S/C38H53N5O6/c1-26(2)23-32-38(48)43(3)21-13-4-5-14-22-49-33-20-12-11-19-29(33)35(45)41-31(36(46)39-28-17-9-10-18-28)25-34(44)40-30(37(47)42-32)24-27-15-7-6-8-16-27/h6-8,11-12,15-16,19-20,26,28,30-32H,4-5,9-10,13-14,17-18,21-25H2,1-3H3,(H,39,46)(H,40,44)(H,41,45)(H,42,47)/t30-,31-,32-/m0/s1. The molecular weight excluding hydrogens is 622 g/mol. The maximum absolute atomic E-state index is 13.9. The van der Waals surface area contributed by atoms with Gasteiger partial charge in [-0.25, -0.2) is 0 Å². The summed E-state index contributed by atoms with van der Waals surface area (Å²) in [7, 11) is 1.75. The number of ether oxygens (including phenoxy) is 1. The van der Waals surface area contributed by atoms with Gasteiger partial charge in [0.2, 0.25) is 23.6 Å². The van der Waals surface area contributed by atoms with E-state index in [9.17, 15) is 24.0 Å². The second kappa shape index (κ2) is 19.0. The molecule has 1 heterocycles. The van der Waals surface area contributed by atoms with Crippen molar-refractivity contribution in [3.05, 3.63) is 65.7 Å². The second-order valence-electron chi connectivity index (χ2n) is 13.7. The van der Waals surface area contributed by atoms with Crippen molar-refractivity contribution in [2.75, 3.05) is 20.2 Å². The van der Waals surface area contributed by atoms with E-state index in [1.807, 2.05) is 44.2 Å². The summed E-state index contributed by atoms with van der Waals surface area (Å²) < 4.78 is 6.00. The number of hydrogen-bond acceptors (Lipinski definition) is 6. The fraction of sp³-hybridized carbons (Fsp3) is 0.553. The van der Waals surface area contributed by atoms with Gasteiger partial charge in [-0.1, -0.05) is 82.0 Å². The summed E-state index contributed by atoms with van der Waals surface area (Å²) in [6.45, 7) is 4.93. The van der Waals surface area contributed by atoms with Crippen LogP contribution >= 0.6 is 0 Å². The number of nitrogens with one attached hydrogen (secondary N) is 4. The van der Waals surface area contributed by atoms with Crippen LogP contribution in [0.25, 0.3) is 0 Å². The number of rotatable bonds is 6. The molecule has 0 unspecified atom stereocenters. The summed E-state index contributed by atoms with van der Waals surface area (Å²) in [5, 5.41) is 11.6. The molecule has 0 bridgehead atoms. The van der Waals surface area contributed by atoms with E-state index < -0.39 is 41.8 Å². The molecule has 0 aromatic heterocycles. The van der Waals surface area contributed by atoms with E-state index in [4.69, 9.17) is 4.74 Å². The van der Waals surface area contributed by atoms with Gasteiger partial charge in [0.1, 0.15) is 23.9 Å². The number of likely N-dealkylation sites (N-methyl/N-ethyl adjacent to an activating group) is 1. The summed E-state index contributed by atoms with van der Waals surface area (Å²) in [5.41, 5.74) is 1.09. The van der Waals surface area contributed by atoms with Gasteiger partial charge in [0.15, 0.2) is 0 Å². The van der Waals surface area contributed by atoms with Gasteiger partial charge in [0, 0.05) is 26.1 Å². The number of amides is 5. The Morgan fingerprint density at radius 2 is 1.55 bits per heavy atom. The highest BCUT2D eigenvalue weighted by atomic mass is 16.5. The van der Waals surface area contributed by atoms with Crippen molar-refractivity contribution in [3.63, 3.8) is 0 Å². The van der Waals surface area contributed by atoms with Crippen LogP contribution in [-0.4, -0.2) is 78.8 Å². The Morgan fingerprint density at radius 1 is 0.857 bits per heavy atom. The van der Waals surface area contributed by atoms with Crippen LogP contribution in [0.4, 0.5) is 0 Å². The lowest BCUT2D eigenvalue weighted by Crippen LogP contribution is -2.56. The molecule has 0 spiro atoms. The minimum absolute atomic E-state index is 0.0293. The molecular formula is C38H53N5O6. The van der Waals surface area contributed by atoms with Gasteiger partial charge in [-0.15, -0.1) is 0 Å². The predicted molar refractivity (Wildman–Crippen MR) is 188 cm³/mol. The van der Waals surface area contributed by atoms with Crippen LogP contribution in [0.1, 0.15) is 94.0 Å². The zero-order chi connectivity index (χ0) is 35.2. The Labute approximate surface area is 290 Å². The van der Waals surface area contributed by atoms with Crippen LogP contribution in [0, 0.1) is 5.92 Å². The van der Waals surface area contributed by atoms with Crippen LogP contribution in [-0.2, 0) is 25.6 Å². The second-order valence-corrected chi connectivity index (χ2v) is 13.7. The predicted octanol–water partition coefficient (Wildman–Crippen LogP) is 3.90. The van der Waals surface area contributed by atoms with E-state index >= 15 is 0 Å². The van der Waals surface area contributed by atoms with Crippen LogP contribution < -0.4 is 26.0 Å². The number of benzene rings is 2. The Hall–Kier alpha value is -4.41. The third-order valence-corrected chi connectivity index (χ3v) is 9.12. The van der Waals surface area contributed by atoms with E-state index in [1.165, 1.54) is 0 Å². The largest absolute Gasteiger partial charge is 0.493 e. The monoisotopic (exact) mass is 675 g/mol. The first-order valence-corrected chi connectivity index (χ1v) is 17.8. The minimum atomic E-state index is -1.19. The van der Waals surface area contributed by atoms with Crippen LogP contribution in [0.2, 0.25) is 0 Å². The van der Waals surface area contributed by atoms with Crippen molar-refractivity contribution in [3.8, 4) is 5.75 Å². The van der Waals surface area contributed by atoms with Crippen LogP contribution in [0.5, 0.6) is 5.75 Å². The van der Waals surface area contributed by atoms with Crippen molar-refractivity contribution < 1.29 is 28.7 Å². The van der Waals surface area contributed by atoms with Gasteiger partial charge in [0.25, 0.3) is 5.91 Å². The van der Waals surface area contributed by atoms with Crippen molar-refractivity contribution in [2.24, 2.45) is 5.92 Å². The molecule has 1 fully saturated rings. The molecule has 1 aliphatic carbocycles. The topological polar surface area (TPSA) is 146 Å². The first-order chi connectivity index (χ1) is 23.6. The molecule has 49 heavy (non-hydrogen) atoms. The van der Waals surface area contributed by atoms with Gasteiger partial charge in [-0.3, -0.25) is 24.0 Å². The van der Waals surface area contributed by atoms with E-state index in [-0.39, 0.29) is 36.3 Å². The average molecular weight is 676 g/mol. The van der Waals surface area contributed by atoms with Crippen molar-refractivity contribution in [1.29, 1.82) is 0 Å². The fourth-order valence-corrected chi connectivity index (χ4v) is 6.42. The Bertz CT molecular complexity index is 1410. The Kier molecular flexibility index (Phi) is 14.5. The molecule has 4 rings (SSSR count). The van der Waals surface area contributed by atoms with Crippen molar-refractivity contribution in [2.45, 2.75) is 109 Å². The highest BCUT2D eigenvalue weighted by molar-refractivity contribution is 6.01. The molecule has 4 N–H and O–H groups in total. The fourth-order valence-electron chi connectivity index (χ4n) is 6.42. The number of nitrogens with zero attached hydrogens (tertiary/aromatic N) is 1. The van der Waals surface area contributed by atoms with Gasteiger partial charge in [-0.05, 0) is 55.7 Å². The van der Waals surface area contributed by atoms with Crippen LogP contribution in [0.3, 0.4) is 0 Å². The van der Waals surface area contributed by atoms with Crippen LogP contribution in [0.15, 0.2) is 54.6 Å². The zero-order valence-electron chi connectivity index (χ0n) is 29.2. The van der Waals surface area contributed by atoms with Crippen molar-refractivity contribution >= 4 is 29.5 Å². The molecule has 5 amide bonds. The van der Waals surface area contributed by atoms with Gasteiger partial charge in [-0.2, -0.15) is 0 Å². The van der Waals surface area contributed by atoms with Gasteiger partial charge < -0.3 is 30.9 Å². The zero-order valence-corrected chi connectivity index (χ0v) is 29.2. The first-order valence-electron chi connectivity index (χ1n) is 17.8. The van der Waals surface area contributed by atoms with E-state index in [1.54, 1.807) is 36.2 Å². The molecule has 3 atom stereocenters. The maximum atomic E-state index is 13.9. The van der Waals surface area contributed by atoms with E-state index in [0.29, 0.717) is 25.3 Å². The summed E-state index contributed by atoms with van der Waals surface area (Å²) in [4.78, 5) is 70.1. The molecule has 2 aliphatic rings. The lowest BCUT2D eigenvalue weighted by molar-refractivity contribution is -0.137. The SMILES string of the molecule is CC(C)C[C@@H]1NC(=O)[C@H](Cc2ccccc2)NC(=O)C[C@@H](C(=O)NC2CCCC2)NC(=O)c2ccccc2OCCCCCCN(C)C1=O. The highest BCUT2D eigenvalue weighted by Gasteiger charge is 2.32. The molecule has 2 aromatic rings. The summed E-state index contributed by atoms with van der Waals surface area (Å²) in [5.74, 6) is -1.71. The molecule has 11 heteroatoms. The molecule has 1 aliphatic heterocycles. The number of hydrogen-bond donors (Lipinski definition) is 4. The smallest absolute Gasteiger partial charge is 0.255 e. The molecule has 0 saturated heterocycles. The number of fused-ring (bicyclic) bond motifs is 1. The normalized spacial score (nSPS) is 22.6. The van der Waals surface area contributed by atoms with Crippen molar-refractivity contribution in [1.82, 2.24) is 26.2 Å². The number of para-hydroxylation sites is 1. The summed E-state index contributed by atoms with van der Waals surface area (Å²) >= 11 is 0. The third kappa shape index (κ3) is 11.9. The van der Waals surface area contributed by atoms with E-state index in [2.05, 4.69) is 21.3 Å². The quantitative estimate of drug-likeness (QED) is 0.366. The maximum Gasteiger partial charge on any atom is 0.255 e. The molecule has 2 aromatic carbocycles. The Morgan fingerprint density at radius 3 is 2.29 bits per heavy atom. The summed E-state index contributed by atoms with van der Waals surface area (Å²) in [6.07, 6.45) is 7.20. The molecule has 0 radical (unpaired) electrons. The lowest BCUT2D eigenvalue weighted by atomic mass is 10.0. The molecule has 1 saturated carbocycles. The molecule has 11 nitrogen and oxygen atoms in total. The number of carbonyl (C=O) groups is 5. The average Bonchev–Trinajstić information content (AvgIpc) is 3.59. The van der Waals surface area contributed by atoms with E-state index in [0.717, 1.165) is 56.9 Å². The van der Waals surface area contributed by atoms with Gasteiger partial charge >= 0.3 is 0 Å².